The topological polar surface area (TPSA) is 37.3 Å². The minimum atomic E-state index is 0.627. The third kappa shape index (κ3) is 5.78. The second-order valence-electron chi connectivity index (χ2n) is 6.29. The smallest absolute Gasteiger partial charge is 0.0983 e. The van der Waals surface area contributed by atoms with Gasteiger partial charge in [-0.15, -0.1) is 11.3 Å². The minimum absolute atomic E-state index is 0.627. The van der Waals surface area contributed by atoms with Crippen LogP contribution >= 0.6 is 23.1 Å². The average Bonchev–Trinajstić information content (AvgIpc) is 3.11. The van der Waals surface area contributed by atoms with Crippen molar-refractivity contribution in [2.45, 2.75) is 58.8 Å². The number of hydrogen-bond donors (Lipinski definition) is 1. The summed E-state index contributed by atoms with van der Waals surface area (Å²) in [6, 6.07) is 0. The molecule has 24 heavy (non-hydrogen) atoms. The molecule has 0 saturated heterocycles. The first kappa shape index (κ1) is 19.3. The SMILES string of the molecule is C=C(Cc1nccs1)N/C(SC(=NC)C1CCCCC1)=C(\C)CC. The van der Waals surface area contributed by atoms with E-state index < -0.39 is 0 Å². The van der Waals surface area contributed by atoms with Crippen LogP contribution in [-0.2, 0) is 6.42 Å². The number of aromatic nitrogens is 1. The highest BCUT2D eigenvalue weighted by Gasteiger charge is 2.21. The van der Waals surface area contributed by atoms with Crippen molar-refractivity contribution in [1.82, 2.24) is 10.3 Å². The van der Waals surface area contributed by atoms with Crippen molar-refractivity contribution in [3.05, 3.63) is 39.5 Å². The minimum Gasteiger partial charge on any atom is -0.354 e. The van der Waals surface area contributed by atoms with E-state index in [1.54, 1.807) is 11.3 Å². The zero-order valence-electron chi connectivity index (χ0n) is 15.1. The zero-order valence-corrected chi connectivity index (χ0v) is 16.7. The number of allylic oxidation sites excluding steroid dienone is 2. The maximum Gasteiger partial charge on any atom is 0.0983 e. The second-order valence-corrected chi connectivity index (χ2v) is 8.30. The molecular weight excluding hydrogens is 334 g/mol. The molecule has 1 aromatic heterocycles. The molecule has 0 aromatic carbocycles. The lowest BCUT2D eigenvalue weighted by molar-refractivity contribution is 0.443. The third-order valence-electron chi connectivity index (χ3n) is 4.44. The lowest BCUT2D eigenvalue weighted by Gasteiger charge is -2.24. The Kier molecular flexibility index (Phi) is 8.06. The van der Waals surface area contributed by atoms with E-state index in [0.29, 0.717) is 5.92 Å². The fourth-order valence-electron chi connectivity index (χ4n) is 2.87. The fraction of sp³-hybridized carbons (Fsp3) is 0.579. The van der Waals surface area contributed by atoms with E-state index in [4.69, 9.17) is 0 Å². The number of thiazole rings is 1. The molecule has 3 nitrogen and oxygen atoms in total. The van der Waals surface area contributed by atoms with Crippen molar-refractivity contribution in [2.75, 3.05) is 7.05 Å². The number of nitrogens with one attached hydrogen (secondary N) is 1. The number of hydrogen-bond acceptors (Lipinski definition) is 5. The highest BCUT2D eigenvalue weighted by molar-refractivity contribution is 8.17. The molecular formula is C19H29N3S2. The second kappa shape index (κ2) is 10.0. The summed E-state index contributed by atoms with van der Waals surface area (Å²) in [5.41, 5.74) is 2.36. The zero-order chi connectivity index (χ0) is 17.4. The molecule has 1 N–H and O–H groups in total. The van der Waals surface area contributed by atoms with Gasteiger partial charge in [0.2, 0.25) is 0 Å². The van der Waals surface area contributed by atoms with Gasteiger partial charge in [-0.1, -0.05) is 44.5 Å². The molecule has 2 rings (SSSR count). The van der Waals surface area contributed by atoms with Gasteiger partial charge in [0.1, 0.15) is 0 Å². The Bertz CT molecular complexity index is 582. The molecule has 0 spiro atoms. The van der Waals surface area contributed by atoms with Gasteiger partial charge in [0, 0.05) is 36.7 Å². The van der Waals surface area contributed by atoms with Crippen LogP contribution < -0.4 is 5.32 Å². The van der Waals surface area contributed by atoms with E-state index >= 15 is 0 Å². The molecule has 1 aliphatic carbocycles. The summed E-state index contributed by atoms with van der Waals surface area (Å²) < 4.78 is 0. The Morgan fingerprint density at radius 1 is 1.42 bits per heavy atom. The molecule has 1 saturated carbocycles. The summed E-state index contributed by atoms with van der Waals surface area (Å²) in [6.07, 6.45) is 10.2. The van der Waals surface area contributed by atoms with Crippen molar-refractivity contribution in [1.29, 1.82) is 0 Å². The fourth-order valence-corrected chi connectivity index (χ4v) is 4.75. The van der Waals surface area contributed by atoms with Gasteiger partial charge in [-0.3, -0.25) is 4.99 Å². The van der Waals surface area contributed by atoms with Crippen molar-refractivity contribution in [3.8, 4) is 0 Å². The van der Waals surface area contributed by atoms with Gasteiger partial charge in [0.15, 0.2) is 0 Å². The Morgan fingerprint density at radius 2 is 2.17 bits per heavy atom. The molecule has 1 heterocycles. The van der Waals surface area contributed by atoms with Gasteiger partial charge in [-0.05, 0) is 31.8 Å². The molecule has 0 amide bonds. The summed E-state index contributed by atoms with van der Waals surface area (Å²) in [6.45, 7) is 8.59. The van der Waals surface area contributed by atoms with Crippen LogP contribution in [0.25, 0.3) is 0 Å². The largest absolute Gasteiger partial charge is 0.354 e. The first-order valence-electron chi connectivity index (χ1n) is 8.81. The number of thioether (sulfide) groups is 1. The van der Waals surface area contributed by atoms with Crippen molar-refractivity contribution in [2.24, 2.45) is 10.9 Å². The Hall–Kier alpha value is -1.07. The van der Waals surface area contributed by atoms with Crippen LogP contribution in [0.5, 0.6) is 0 Å². The number of aliphatic imine (C=N–C) groups is 1. The average molecular weight is 364 g/mol. The van der Waals surface area contributed by atoms with Crippen LogP contribution in [0.1, 0.15) is 57.4 Å². The van der Waals surface area contributed by atoms with Crippen LogP contribution in [0.2, 0.25) is 0 Å². The van der Waals surface area contributed by atoms with Gasteiger partial charge in [-0.2, -0.15) is 0 Å². The molecule has 1 aromatic rings. The van der Waals surface area contributed by atoms with E-state index in [9.17, 15) is 0 Å². The van der Waals surface area contributed by atoms with Crippen LogP contribution in [0.4, 0.5) is 0 Å². The van der Waals surface area contributed by atoms with Gasteiger partial charge >= 0.3 is 0 Å². The van der Waals surface area contributed by atoms with E-state index in [0.717, 1.165) is 23.5 Å². The predicted molar refractivity (Wildman–Crippen MR) is 109 cm³/mol. The van der Waals surface area contributed by atoms with Crippen LogP contribution in [0.3, 0.4) is 0 Å². The summed E-state index contributed by atoms with van der Waals surface area (Å²) in [5, 5.41) is 9.12. The summed E-state index contributed by atoms with van der Waals surface area (Å²) >= 11 is 3.49. The van der Waals surface area contributed by atoms with Crippen molar-refractivity contribution >= 4 is 28.1 Å². The quantitative estimate of drug-likeness (QED) is 0.493. The first-order valence-corrected chi connectivity index (χ1v) is 10.5. The van der Waals surface area contributed by atoms with E-state index in [1.165, 1.54) is 47.8 Å². The lowest BCUT2D eigenvalue weighted by Crippen LogP contribution is -2.19. The predicted octanol–water partition coefficient (Wildman–Crippen LogP) is 5.77. The third-order valence-corrected chi connectivity index (χ3v) is 6.60. The summed E-state index contributed by atoms with van der Waals surface area (Å²) in [7, 11) is 1.93. The molecule has 0 aliphatic heterocycles. The molecule has 0 bridgehead atoms. The van der Waals surface area contributed by atoms with E-state index in [1.807, 2.05) is 30.4 Å². The Labute approximate surface area is 154 Å². The van der Waals surface area contributed by atoms with Crippen LogP contribution in [0.15, 0.2) is 39.4 Å². The van der Waals surface area contributed by atoms with Crippen LogP contribution in [0, 0.1) is 5.92 Å². The maximum absolute atomic E-state index is 4.62. The molecule has 1 aliphatic rings. The highest BCUT2D eigenvalue weighted by Crippen LogP contribution is 2.33. The molecule has 5 heteroatoms. The molecule has 0 atom stereocenters. The Morgan fingerprint density at radius 3 is 2.75 bits per heavy atom. The lowest BCUT2D eigenvalue weighted by atomic mass is 9.90. The first-order chi connectivity index (χ1) is 11.6. The maximum atomic E-state index is 4.62. The van der Waals surface area contributed by atoms with E-state index in [-0.39, 0.29) is 0 Å². The van der Waals surface area contributed by atoms with Gasteiger partial charge in [0.25, 0.3) is 0 Å². The Balaban J connectivity index is 2.03. The normalized spacial score (nSPS) is 17.5. The van der Waals surface area contributed by atoms with E-state index in [2.05, 4.69) is 35.7 Å². The summed E-state index contributed by atoms with van der Waals surface area (Å²) in [4.78, 5) is 8.97. The molecule has 0 radical (unpaired) electrons. The number of rotatable bonds is 7. The van der Waals surface area contributed by atoms with Gasteiger partial charge in [-0.25, -0.2) is 4.98 Å². The monoisotopic (exact) mass is 363 g/mol. The molecule has 1 fully saturated rings. The number of nitrogens with zero attached hydrogens (tertiary/aromatic N) is 2. The standard InChI is InChI=1S/C19H29N3S2/c1-5-14(2)18(22-15(3)13-17-21-11-12-23-17)24-19(20-4)16-9-7-6-8-10-16/h11-12,16,22H,3,5-10,13H2,1-2,4H3/b18-14-,20-19?. The van der Waals surface area contributed by atoms with Gasteiger partial charge < -0.3 is 5.32 Å². The molecule has 132 valence electrons. The van der Waals surface area contributed by atoms with Crippen molar-refractivity contribution < 1.29 is 0 Å². The van der Waals surface area contributed by atoms with Crippen LogP contribution in [-0.4, -0.2) is 17.1 Å². The highest BCUT2D eigenvalue weighted by atomic mass is 32.2. The van der Waals surface area contributed by atoms with Crippen molar-refractivity contribution in [3.63, 3.8) is 0 Å². The molecule has 0 unspecified atom stereocenters. The summed E-state index contributed by atoms with van der Waals surface area (Å²) in [5.74, 6) is 0.627. The van der Waals surface area contributed by atoms with Gasteiger partial charge in [0.05, 0.1) is 15.1 Å².